The first-order valence-electron chi connectivity index (χ1n) is 5.50. The molecule has 0 saturated heterocycles. The fourth-order valence-corrected chi connectivity index (χ4v) is 2.47. The molecule has 0 saturated carbocycles. The lowest BCUT2D eigenvalue weighted by Crippen LogP contribution is -2.25. The number of aromatic nitrogens is 1. The molecule has 1 aromatic heterocycles. The fourth-order valence-electron chi connectivity index (χ4n) is 1.50. The maximum Gasteiger partial charge on any atom is 0.338 e. The summed E-state index contributed by atoms with van der Waals surface area (Å²) in [7, 11) is 0. The monoisotopic (exact) mass is 278 g/mol. The summed E-state index contributed by atoms with van der Waals surface area (Å²) < 4.78 is 0. The Morgan fingerprint density at radius 1 is 1.53 bits per heavy atom. The zero-order valence-corrected chi connectivity index (χ0v) is 11.5. The smallest absolute Gasteiger partial charge is 0.338 e. The summed E-state index contributed by atoms with van der Waals surface area (Å²) in [5.41, 5.74) is 1.49. The third-order valence-electron chi connectivity index (χ3n) is 2.25. The number of pyridine rings is 1. The predicted molar refractivity (Wildman–Crippen MR) is 73.2 cm³/mol. The molecule has 1 rings (SSSR count). The molecule has 5 nitrogen and oxygen atoms in total. The quantitative estimate of drug-likeness (QED) is 0.625. The predicted octanol–water partition coefficient (Wildman–Crippen LogP) is 1.24. The Kier molecular flexibility index (Phi) is 5.39. The number of carboxylic acids is 1. The van der Waals surface area contributed by atoms with E-state index < -0.39 is 5.97 Å². The lowest BCUT2D eigenvalue weighted by Gasteiger charge is -2.09. The van der Waals surface area contributed by atoms with Gasteiger partial charge in [0.15, 0.2) is 0 Å². The molecule has 0 bridgehead atoms. The second-order valence-electron chi connectivity index (χ2n) is 3.84. The van der Waals surface area contributed by atoms with Gasteiger partial charge in [-0.25, -0.2) is 9.78 Å². The van der Waals surface area contributed by atoms with E-state index in [2.05, 4.69) is 16.2 Å². The van der Waals surface area contributed by atoms with Crippen LogP contribution >= 0.6 is 11.8 Å². The van der Waals surface area contributed by atoms with E-state index in [1.54, 1.807) is 19.9 Å². The first-order chi connectivity index (χ1) is 8.95. The molecule has 1 aromatic rings. The van der Waals surface area contributed by atoms with Crippen LogP contribution in [-0.4, -0.2) is 34.3 Å². The molecule has 0 spiro atoms. The third-order valence-corrected chi connectivity index (χ3v) is 3.23. The number of terminal acetylenes is 1. The number of hydrogen-bond acceptors (Lipinski definition) is 4. The highest BCUT2D eigenvalue weighted by atomic mass is 32.2. The highest BCUT2D eigenvalue weighted by Crippen LogP contribution is 2.24. The van der Waals surface area contributed by atoms with Crippen LogP contribution in [0.3, 0.4) is 0 Å². The van der Waals surface area contributed by atoms with Gasteiger partial charge in [0.25, 0.3) is 0 Å². The van der Waals surface area contributed by atoms with Crippen LogP contribution < -0.4 is 5.32 Å². The molecule has 0 radical (unpaired) electrons. The molecule has 1 heterocycles. The van der Waals surface area contributed by atoms with Gasteiger partial charge < -0.3 is 10.4 Å². The molecule has 0 atom stereocenters. The first kappa shape index (κ1) is 15.1. The Morgan fingerprint density at radius 3 is 2.79 bits per heavy atom. The maximum absolute atomic E-state index is 11.4. The Labute approximate surface area is 115 Å². The number of nitrogens with one attached hydrogen (secondary N) is 1. The molecule has 6 heteroatoms. The number of carbonyl (C=O) groups excluding carboxylic acids is 1. The van der Waals surface area contributed by atoms with E-state index in [0.717, 1.165) is 11.8 Å². The Balaban J connectivity index is 2.86. The van der Waals surface area contributed by atoms with Crippen LogP contribution in [0, 0.1) is 26.2 Å². The number of hydrogen-bond donors (Lipinski definition) is 2. The normalized spacial score (nSPS) is 9.74. The van der Waals surface area contributed by atoms with Crippen molar-refractivity contribution in [2.75, 3.05) is 12.3 Å². The second kappa shape index (κ2) is 6.81. The summed E-state index contributed by atoms with van der Waals surface area (Å²) in [6.07, 6.45) is 5.03. The van der Waals surface area contributed by atoms with Crippen molar-refractivity contribution in [1.82, 2.24) is 10.3 Å². The number of nitrogens with zero attached hydrogens (tertiary/aromatic N) is 1. The molecule has 2 N–H and O–H groups in total. The van der Waals surface area contributed by atoms with Crippen LogP contribution in [0.2, 0.25) is 0 Å². The second-order valence-corrected chi connectivity index (χ2v) is 4.80. The highest BCUT2D eigenvalue weighted by Gasteiger charge is 2.17. The lowest BCUT2D eigenvalue weighted by molar-refractivity contribution is -0.118. The molecular formula is C13H14N2O3S. The van der Waals surface area contributed by atoms with E-state index in [1.807, 2.05) is 0 Å². The number of carbonyl (C=O) groups is 2. The molecule has 0 aliphatic carbocycles. The van der Waals surface area contributed by atoms with Gasteiger partial charge in [-0.15, -0.1) is 6.42 Å². The van der Waals surface area contributed by atoms with Gasteiger partial charge in [-0.2, -0.15) is 0 Å². The van der Waals surface area contributed by atoms with Crippen molar-refractivity contribution in [1.29, 1.82) is 0 Å². The van der Waals surface area contributed by atoms with Gasteiger partial charge in [0.05, 0.1) is 17.9 Å². The SMILES string of the molecule is C#CCNC(=O)CSc1nc(C)cc(C)c1C(=O)O. The Hall–Kier alpha value is -2.00. The number of rotatable bonds is 5. The van der Waals surface area contributed by atoms with Gasteiger partial charge in [0.2, 0.25) is 5.91 Å². The standard InChI is InChI=1S/C13H14N2O3S/c1-4-5-14-10(16)7-19-12-11(13(17)18)8(2)6-9(3)15-12/h1,6H,5,7H2,2-3H3,(H,14,16)(H,17,18). The minimum absolute atomic E-state index is 0.0812. The molecule has 100 valence electrons. The van der Waals surface area contributed by atoms with E-state index in [0.29, 0.717) is 16.3 Å². The van der Waals surface area contributed by atoms with Crippen LogP contribution in [-0.2, 0) is 4.79 Å². The summed E-state index contributed by atoms with van der Waals surface area (Å²) in [4.78, 5) is 26.8. The number of amides is 1. The highest BCUT2D eigenvalue weighted by molar-refractivity contribution is 8.00. The van der Waals surface area contributed by atoms with Gasteiger partial charge >= 0.3 is 5.97 Å². The van der Waals surface area contributed by atoms with Crippen molar-refractivity contribution >= 4 is 23.6 Å². The average molecular weight is 278 g/mol. The summed E-state index contributed by atoms with van der Waals surface area (Å²) >= 11 is 1.09. The van der Waals surface area contributed by atoms with Crippen LogP contribution in [0.1, 0.15) is 21.6 Å². The first-order valence-corrected chi connectivity index (χ1v) is 6.48. The molecule has 0 aliphatic heterocycles. The number of aromatic carboxylic acids is 1. The van der Waals surface area contributed by atoms with E-state index in [1.165, 1.54) is 0 Å². The van der Waals surface area contributed by atoms with Crippen LogP contribution in [0.25, 0.3) is 0 Å². The maximum atomic E-state index is 11.4. The topological polar surface area (TPSA) is 79.3 Å². The Morgan fingerprint density at radius 2 is 2.21 bits per heavy atom. The lowest BCUT2D eigenvalue weighted by atomic mass is 10.1. The van der Waals surface area contributed by atoms with Crippen molar-refractivity contribution in [3.8, 4) is 12.3 Å². The van der Waals surface area contributed by atoms with Gasteiger partial charge in [0.1, 0.15) is 5.03 Å². The van der Waals surface area contributed by atoms with Crippen LogP contribution in [0.15, 0.2) is 11.1 Å². The van der Waals surface area contributed by atoms with Gasteiger partial charge in [0, 0.05) is 5.69 Å². The van der Waals surface area contributed by atoms with Gasteiger partial charge in [-0.05, 0) is 25.5 Å². The van der Waals surface area contributed by atoms with Crippen molar-refractivity contribution < 1.29 is 14.7 Å². The third kappa shape index (κ3) is 4.30. The average Bonchev–Trinajstić information content (AvgIpc) is 2.32. The Bertz CT molecular complexity index is 550. The van der Waals surface area contributed by atoms with E-state index in [9.17, 15) is 9.59 Å². The molecule has 0 aliphatic rings. The van der Waals surface area contributed by atoms with Crippen molar-refractivity contribution in [3.63, 3.8) is 0 Å². The fraction of sp³-hybridized carbons (Fsp3) is 0.308. The van der Waals surface area contributed by atoms with E-state index in [-0.39, 0.29) is 23.8 Å². The summed E-state index contributed by atoms with van der Waals surface area (Å²) in [6.45, 7) is 3.65. The van der Waals surface area contributed by atoms with Gasteiger partial charge in [-0.3, -0.25) is 4.79 Å². The molecule has 0 aromatic carbocycles. The van der Waals surface area contributed by atoms with Crippen LogP contribution in [0.4, 0.5) is 0 Å². The van der Waals surface area contributed by atoms with Crippen LogP contribution in [0.5, 0.6) is 0 Å². The van der Waals surface area contributed by atoms with E-state index in [4.69, 9.17) is 11.5 Å². The zero-order valence-electron chi connectivity index (χ0n) is 10.7. The number of carboxylic acid groups (broad SMARTS) is 1. The number of aryl methyl sites for hydroxylation is 2. The minimum atomic E-state index is -1.04. The summed E-state index contributed by atoms with van der Waals surface area (Å²) in [5, 5.41) is 12.0. The zero-order chi connectivity index (χ0) is 14.4. The molecule has 0 fully saturated rings. The summed E-state index contributed by atoms with van der Waals surface area (Å²) in [5.74, 6) is 1.08. The molecule has 19 heavy (non-hydrogen) atoms. The number of thioether (sulfide) groups is 1. The summed E-state index contributed by atoms with van der Waals surface area (Å²) in [6, 6.07) is 1.70. The minimum Gasteiger partial charge on any atom is -0.478 e. The van der Waals surface area contributed by atoms with E-state index >= 15 is 0 Å². The molecular weight excluding hydrogens is 264 g/mol. The largest absolute Gasteiger partial charge is 0.478 e. The van der Waals surface area contributed by atoms with Gasteiger partial charge in [-0.1, -0.05) is 17.7 Å². The molecule has 1 amide bonds. The molecule has 0 unspecified atom stereocenters. The van der Waals surface area contributed by atoms with Crippen molar-refractivity contribution in [3.05, 3.63) is 22.9 Å². The van der Waals surface area contributed by atoms with Crippen molar-refractivity contribution in [2.45, 2.75) is 18.9 Å². The van der Waals surface area contributed by atoms with Crippen molar-refractivity contribution in [2.24, 2.45) is 0 Å².